The second-order valence-electron chi connectivity index (χ2n) is 3.97. The molecule has 12 heavy (non-hydrogen) atoms. The number of rotatable bonds is 3. The average molecular weight is 189 g/mol. The standard InChI is InChI=1S/C8H19N3S/c1-6(2)8(3,4)5-10-7(12)11-9/h6H,5,9H2,1-4H3,(H2,10,11,12). The van der Waals surface area contributed by atoms with Crippen LogP contribution in [-0.4, -0.2) is 11.7 Å². The van der Waals surface area contributed by atoms with Gasteiger partial charge < -0.3 is 10.7 Å². The minimum Gasteiger partial charge on any atom is -0.361 e. The third-order valence-electron chi connectivity index (χ3n) is 2.40. The Hall–Kier alpha value is -0.350. The van der Waals surface area contributed by atoms with E-state index >= 15 is 0 Å². The van der Waals surface area contributed by atoms with Gasteiger partial charge in [0, 0.05) is 6.54 Å². The molecule has 0 saturated carbocycles. The highest BCUT2D eigenvalue weighted by Crippen LogP contribution is 2.24. The van der Waals surface area contributed by atoms with Crippen molar-refractivity contribution >= 4 is 17.3 Å². The lowest BCUT2D eigenvalue weighted by molar-refractivity contribution is 0.251. The molecule has 0 spiro atoms. The van der Waals surface area contributed by atoms with Gasteiger partial charge in [-0.05, 0) is 23.6 Å². The summed E-state index contributed by atoms with van der Waals surface area (Å²) in [6.45, 7) is 9.63. The van der Waals surface area contributed by atoms with Gasteiger partial charge in [-0.25, -0.2) is 5.84 Å². The molecule has 0 aromatic carbocycles. The van der Waals surface area contributed by atoms with Gasteiger partial charge in [0.1, 0.15) is 0 Å². The van der Waals surface area contributed by atoms with E-state index in [9.17, 15) is 0 Å². The Morgan fingerprint density at radius 2 is 2.00 bits per heavy atom. The van der Waals surface area contributed by atoms with Crippen LogP contribution in [0.5, 0.6) is 0 Å². The summed E-state index contributed by atoms with van der Waals surface area (Å²) in [5.74, 6) is 5.74. The van der Waals surface area contributed by atoms with Crippen molar-refractivity contribution in [1.82, 2.24) is 10.7 Å². The summed E-state index contributed by atoms with van der Waals surface area (Å²) in [6.07, 6.45) is 0. The lowest BCUT2D eigenvalue weighted by Crippen LogP contribution is -2.44. The van der Waals surface area contributed by atoms with Crippen LogP contribution in [0.4, 0.5) is 0 Å². The molecule has 0 aromatic rings. The zero-order chi connectivity index (χ0) is 9.78. The van der Waals surface area contributed by atoms with Crippen molar-refractivity contribution in [3.05, 3.63) is 0 Å². The van der Waals surface area contributed by atoms with Crippen molar-refractivity contribution in [2.75, 3.05) is 6.54 Å². The van der Waals surface area contributed by atoms with Crippen molar-refractivity contribution in [2.24, 2.45) is 17.2 Å². The van der Waals surface area contributed by atoms with Crippen LogP contribution < -0.4 is 16.6 Å². The Morgan fingerprint density at radius 1 is 1.50 bits per heavy atom. The van der Waals surface area contributed by atoms with Crippen molar-refractivity contribution in [3.8, 4) is 0 Å². The highest BCUT2D eigenvalue weighted by atomic mass is 32.1. The van der Waals surface area contributed by atoms with E-state index in [1.165, 1.54) is 0 Å². The largest absolute Gasteiger partial charge is 0.361 e. The third kappa shape index (κ3) is 3.88. The molecular formula is C8H19N3S. The van der Waals surface area contributed by atoms with Crippen molar-refractivity contribution in [2.45, 2.75) is 27.7 Å². The number of nitrogens with two attached hydrogens (primary N) is 1. The first-order valence-electron chi connectivity index (χ1n) is 4.14. The predicted octanol–water partition coefficient (Wildman–Crippen LogP) is 1.01. The van der Waals surface area contributed by atoms with E-state index in [0.717, 1.165) is 6.54 Å². The first kappa shape index (κ1) is 11.6. The molecule has 0 radical (unpaired) electrons. The first-order valence-corrected chi connectivity index (χ1v) is 4.55. The van der Waals surface area contributed by atoms with E-state index in [2.05, 4.69) is 38.4 Å². The Bertz CT molecular complexity index is 154. The number of hydrogen-bond acceptors (Lipinski definition) is 2. The van der Waals surface area contributed by atoms with Gasteiger partial charge >= 0.3 is 0 Å². The highest BCUT2D eigenvalue weighted by molar-refractivity contribution is 7.80. The Morgan fingerprint density at radius 3 is 2.33 bits per heavy atom. The molecule has 0 fully saturated rings. The molecule has 3 nitrogen and oxygen atoms in total. The van der Waals surface area contributed by atoms with E-state index in [1.54, 1.807) is 0 Å². The van der Waals surface area contributed by atoms with Gasteiger partial charge in [0.2, 0.25) is 0 Å². The average Bonchev–Trinajstić information content (AvgIpc) is 2.00. The lowest BCUT2D eigenvalue weighted by atomic mass is 9.81. The number of nitrogens with one attached hydrogen (secondary N) is 2. The Labute approximate surface area is 80.1 Å². The maximum Gasteiger partial charge on any atom is 0.180 e. The molecule has 0 rings (SSSR count). The Balaban J connectivity index is 3.83. The smallest absolute Gasteiger partial charge is 0.180 e. The topological polar surface area (TPSA) is 50.1 Å². The third-order valence-corrected chi connectivity index (χ3v) is 2.66. The van der Waals surface area contributed by atoms with Gasteiger partial charge in [-0.3, -0.25) is 0 Å². The quantitative estimate of drug-likeness (QED) is 0.352. The fourth-order valence-corrected chi connectivity index (χ4v) is 0.635. The maximum absolute atomic E-state index is 5.12. The van der Waals surface area contributed by atoms with Crippen molar-refractivity contribution in [1.29, 1.82) is 0 Å². The molecule has 0 saturated heterocycles. The van der Waals surface area contributed by atoms with Crippen LogP contribution in [0.3, 0.4) is 0 Å². The molecule has 0 amide bonds. The van der Waals surface area contributed by atoms with E-state index in [4.69, 9.17) is 18.1 Å². The summed E-state index contributed by atoms with van der Waals surface area (Å²) in [5, 5.41) is 3.55. The van der Waals surface area contributed by atoms with Crippen LogP contribution >= 0.6 is 12.2 Å². The fraction of sp³-hybridized carbons (Fsp3) is 0.875. The summed E-state index contributed by atoms with van der Waals surface area (Å²) in [4.78, 5) is 0. The normalized spacial score (nSPS) is 11.5. The molecule has 0 aliphatic heterocycles. The molecular weight excluding hydrogens is 170 g/mol. The van der Waals surface area contributed by atoms with E-state index < -0.39 is 0 Å². The van der Waals surface area contributed by atoms with Crippen molar-refractivity contribution < 1.29 is 0 Å². The van der Waals surface area contributed by atoms with Crippen molar-refractivity contribution in [3.63, 3.8) is 0 Å². The molecule has 0 aliphatic carbocycles. The molecule has 0 aromatic heterocycles. The molecule has 72 valence electrons. The second-order valence-corrected chi connectivity index (χ2v) is 4.38. The number of hydrazine groups is 1. The first-order chi connectivity index (χ1) is 5.40. The fourth-order valence-electron chi connectivity index (χ4n) is 0.563. The molecule has 0 bridgehead atoms. The maximum atomic E-state index is 5.12. The second kappa shape index (κ2) is 4.62. The predicted molar refractivity (Wildman–Crippen MR) is 56.5 cm³/mol. The van der Waals surface area contributed by atoms with Crippen LogP contribution in [-0.2, 0) is 0 Å². The van der Waals surface area contributed by atoms with E-state index in [1.807, 2.05) is 0 Å². The summed E-state index contributed by atoms with van der Waals surface area (Å²) in [5.41, 5.74) is 2.63. The SMILES string of the molecule is CC(C)C(C)(C)CNC(=S)NN. The van der Waals surface area contributed by atoms with Gasteiger partial charge in [-0.1, -0.05) is 27.7 Å². The minimum absolute atomic E-state index is 0.237. The zero-order valence-corrected chi connectivity index (χ0v) is 9.09. The van der Waals surface area contributed by atoms with Crippen LogP contribution in [0, 0.1) is 11.3 Å². The molecule has 0 unspecified atom stereocenters. The van der Waals surface area contributed by atoms with Gasteiger partial charge in [0.15, 0.2) is 5.11 Å². The van der Waals surface area contributed by atoms with Gasteiger partial charge in [0.25, 0.3) is 0 Å². The van der Waals surface area contributed by atoms with E-state index in [-0.39, 0.29) is 5.41 Å². The minimum atomic E-state index is 0.237. The molecule has 0 aliphatic rings. The molecule has 0 atom stereocenters. The monoisotopic (exact) mass is 189 g/mol. The van der Waals surface area contributed by atoms with Crippen LogP contribution in [0.2, 0.25) is 0 Å². The molecule has 4 N–H and O–H groups in total. The number of hydrogen-bond donors (Lipinski definition) is 3. The van der Waals surface area contributed by atoms with Crippen LogP contribution in [0.25, 0.3) is 0 Å². The zero-order valence-electron chi connectivity index (χ0n) is 8.27. The number of thiocarbonyl (C=S) groups is 1. The van der Waals surface area contributed by atoms with E-state index in [0.29, 0.717) is 11.0 Å². The molecule has 0 heterocycles. The lowest BCUT2D eigenvalue weighted by Gasteiger charge is -2.29. The van der Waals surface area contributed by atoms with Gasteiger partial charge in [-0.2, -0.15) is 0 Å². The van der Waals surface area contributed by atoms with Crippen LogP contribution in [0.1, 0.15) is 27.7 Å². The summed E-state index contributed by atoms with van der Waals surface area (Å²) < 4.78 is 0. The Kier molecular flexibility index (Phi) is 4.49. The van der Waals surface area contributed by atoms with Gasteiger partial charge in [-0.15, -0.1) is 0 Å². The molecule has 4 heteroatoms. The summed E-state index contributed by atoms with van der Waals surface area (Å²) in [6, 6.07) is 0. The van der Waals surface area contributed by atoms with Crippen LogP contribution in [0.15, 0.2) is 0 Å². The van der Waals surface area contributed by atoms with Gasteiger partial charge in [0.05, 0.1) is 0 Å². The summed E-state index contributed by atoms with van der Waals surface area (Å²) in [7, 11) is 0. The highest BCUT2D eigenvalue weighted by Gasteiger charge is 2.21. The summed E-state index contributed by atoms with van der Waals surface area (Å²) >= 11 is 4.86.